The van der Waals surface area contributed by atoms with Crippen molar-refractivity contribution in [2.45, 2.75) is 39.9 Å². The Morgan fingerprint density at radius 1 is 1.68 bits per heavy atom. The minimum atomic E-state index is -4.37. The van der Waals surface area contributed by atoms with E-state index in [1.807, 2.05) is 0 Å². The van der Waals surface area contributed by atoms with Crippen LogP contribution in [-0.2, 0) is 19.9 Å². The molecule has 2 atom stereocenters. The van der Waals surface area contributed by atoms with Gasteiger partial charge in [0.05, 0.1) is 5.23 Å². The maximum absolute atomic E-state index is 12.6. The number of sulfonamides is 1. The van der Waals surface area contributed by atoms with Gasteiger partial charge in [-0.2, -0.15) is 0 Å². The van der Waals surface area contributed by atoms with Crippen LogP contribution in [0.5, 0.6) is 0 Å². The summed E-state index contributed by atoms with van der Waals surface area (Å²) in [7, 11) is -8.49. The Morgan fingerprint density at radius 2 is 2.32 bits per heavy atom. The average Bonchev–Trinajstić information content (AvgIpc) is 2.79. The predicted octanol–water partition coefficient (Wildman–Crippen LogP) is 0.612. The summed E-state index contributed by atoms with van der Waals surface area (Å²) in [6.45, 7) is 3.00. The van der Waals surface area contributed by atoms with Crippen molar-refractivity contribution in [3.63, 3.8) is 0 Å². The molecule has 0 fully saturated rings. The van der Waals surface area contributed by atoms with E-state index in [1.165, 1.54) is 0 Å². The molecule has 108 valence electrons. The number of hydrogen-bond donors (Lipinski definition) is 2. The Kier molecular flexibility index (Phi) is 2.84. The van der Waals surface area contributed by atoms with Gasteiger partial charge in [0.2, 0.25) is 10.0 Å². The van der Waals surface area contributed by atoms with Crippen molar-refractivity contribution >= 4 is 31.2 Å². The van der Waals surface area contributed by atoms with E-state index in [9.17, 15) is 16.8 Å². The molecule has 0 aliphatic carbocycles. The molecule has 2 rings (SSSR count). The highest BCUT2D eigenvalue weighted by Crippen LogP contribution is 2.42. The van der Waals surface area contributed by atoms with Crippen molar-refractivity contribution in [2.24, 2.45) is 5.14 Å². The molecule has 0 bridgehead atoms. The molecule has 0 saturated carbocycles. The van der Waals surface area contributed by atoms with Gasteiger partial charge in [-0.15, -0.1) is 11.3 Å². The SMILES string of the molecule is [2H]C1([2H])[C@H](NCC)c2cc(S(N)(=O)=O)sc2S(=O)(=O)[C@@]1([2H])C. The molecule has 1 aliphatic heterocycles. The van der Waals surface area contributed by atoms with E-state index in [-0.39, 0.29) is 14.0 Å². The van der Waals surface area contributed by atoms with Crippen LogP contribution in [0.15, 0.2) is 14.5 Å². The molecule has 9 heteroatoms. The summed E-state index contributed by atoms with van der Waals surface area (Å²) in [5.41, 5.74) is 0.00519. The Morgan fingerprint density at radius 3 is 2.84 bits per heavy atom. The summed E-state index contributed by atoms with van der Waals surface area (Å²) in [4.78, 5) is 0. The van der Waals surface area contributed by atoms with Crippen molar-refractivity contribution in [3.8, 4) is 0 Å². The maximum Gasteiger partial charge on any atom is 0.247 e. The third kappa shape index (κ3) is 2.57. The van der Waals surface area contributed by atoms with Gasteiger partial charge in [-0.25, -0.2) is 22.0 Å². The topological polar surface area (TPSA) is 106 Å². The van der Waals surface area contributed by atoms with Gasteiger partial charge in [0.15, 0.2) is 9.84 Å². The number of rotatable bonds is 3. The molecule has 6 nitrogen and oxygen atoms in total. The van der Waals surface area contributed by atoms with E-state index in [4.69, 9.17) is 9.25 Å². The van der Waals surface area contributed by atoms with Gasteiger partial charge in [0.25, 0.3) is 0 Å². The summed E-state index contributed by atoms with van der Waals surface area (Å²) in [5, 5.41) is 5.38. The van der Waals surface area contributed by atoms with Gasteiger partial charge in [0.1, 0.15) is 8.42 Å². The number of nitrogens with one attached hydrogen (secondary N) is 1. The molecule has 2 heterocycles. The van der Waals surface area contributed by atoms with Crippen molar-refractivity contribution in [3.05, 3.63) is 11.6 Å². The molecule has 0 spiro atoms. The highest BCUT2D eigenvalue weighted by molar-refractivity contribution is 7.95. The molecule has 0 saturated heterocycles. The van der Waals surface area contributed by atoms with E-state index in [0.29, 0.717) is 17.9 Å². The molecule has 1 aromatic heterocycles. The van der Waals surface area contributed by atoms with Gasteiger partial charge in [-0.3, -0.25) is 0 Å². The first-order valence-corrected chi connectivity index (χ1v) is 9.27. The first-order valence-electron chi connectivity index (χ1n) is 6.93. The van der Waals surface area contributed by atoms with Crippen molar-refractivity contribution in [1.82, 2.24) is 5.32 Å². The average molecular weight is 327 g/mol. The largest absolute Gasteiger partial charge is 0.310 e. The van der Waals surface area contributed by atoms with Crippen LogP contribution in [0.2, 0.25) is 0 Å². The van der Waals surface area contributed by atoms with Crippen molar-refractivity contribution in [2.75, 3.05) is 6.54 Å². The fourth-order valence-corrected chi connectivity index (χ4v) is 5.73. The lowest BCUT2D eigenvalue weighted by Gasteiger charge is -2.27. The fourth-order valence-electron chi connectivity index (χ4n) is 1.78. The van der Waals surface area contributed by atoms with E-state index < -0.39 is 37.5 Å². The highest BCUT2D eigenvalue weighted by Gasteiger charge is 2.39. The second-order valence-corrected chi connectivity index (χ2v) is 9.17. The second-order valence-electron chi connectivity index (χ2n) is 4.05. The molecule has 1 aromatic rings. The summed E-state index contributed by atoms with van der Waals surface area (Å²) in [6.07, 6.45) is -2.45. The fraction of sp³-hybridized carbons (Fsp3) is 0.600. The van der Waals surface area contributed by atoms with Crippen LogP contribution in [0.4, 0.5) is 0 Å². The first-order chi connectivity index (χ1) is 9.78. The predicted molar refractivity (Wildman–Crippen MR) is 73.4 cm³/mol. The summed E-state index contributed by atoms with van der Waals surface area (Å²) >= 11 is 0.454. The van der Waals surface area contributed by atoms with Crippen LogP contribution in [0.25, 0.3) is 0 Å². The highest BCUT2D eigenvalue weighted by atomic mass is 32.3. The Labute approximate surface area is 121 Å². The van der Waals surface area contributed by atoms with E-state index in [0.717, 1.165) is 13.0 Å². The molecule has 19 heavy (non-hydrogen) atoms. The van der Waals surface area contributed by atoms with Crippen LogP contribution in [0, 0.1) is 0 Å². The monoisotopic (exact) mass is 327 g/mol. The van der Waals surface area contributed by atoms with Crippen molar-refractivity contribution in [1.29, 1.82) is 0 Å². The Balaban J connectivity index is 2.86. The first kappa shape index (κ1) is 11.2. The van der Waals surface area contributed by atoms with Gasteiger partial charge in [-0.1, -0.05) is 6.92 Å². The van der Waals surface area contributed by atoms with Crippen molar-refractivity contribution < 1.29 is 20.9 Å². The Hall–Kier alpha value is -0.480. The smallest absolute Gasteiger partial charge is 0.247 e. The number of nitrogens with two attached hydrogens (primary N) is 1. The Bertz CT molecular complexity index is 814. The van der Waals surface area contributed by atoms with E-state index >= 15 is 0 Å². The van der Waals surface area contributed by atoms with Crippen LogP contribution in [0.1, 0.15) is 35.9 Å². The lowest BCUT2D eigenvalue weighted by atomic mass is 10.1. The number of sulfone groups is 1. The number of fused-ring (bicyclic) bond motifs is 1. The van der Waals surface area contributed by atoms with Gasteiger partial charge >= 0.3 is 0 Å². The molecule has 0 aromatic carbocycles. The molecule has 1 aliphatic rings. The van der Waals surface area contributed by atoms with E-state index in [1.54, 1.807) is 6.92 Å². The number of primary sulfonamides is 1. The third-order valence-corrected chi connectivity index (χ3v) is 7.62. The minimum Gasteiger partial charge on any atom is -0.310 e. The molecule has 0 unspecified atom stereocenters. The lowest BCUT2D eigenvalue weighted by molar-refractivity contribution is 0.477. The molecular formula is C10H16N2O4S3. The number of thiophene rings is 1. The van der Waals surface area contributed by atoms with Crippen LogP contribution in [-0.4, -0.2) is 28.6 Å². The number of hydrogen-bond acceptors (Lipinski definition) is 6. The summed E-state index contributed by atoms with van der Waals surface area (Å²) in [5.74, 6) is 0. The van der Waals surface area contributed by atoms with Gasteiger partial charge in [-0.05, 0) is 25.9 Å². The molecule has 3 N–H and O–H groups in total. The van der Waals surface area contributed by atoms with Gasteiger partial charge in [0, 0.05) is 15.7 Å². The lowest BCUT2D eigenvalue weighted by Crippen LogP contribution is -2.33. The molecular weight excluding hydrogens is 308 g/mol. The van der Waals surface area contributed by atoms with Crippen LogP contribution >= 0.6 is 11.3 Å². The van der Waals surface area contributed by atoms with Crippen LogP contribution in [0.3, 0.4) is 0 Å². The third-order valence-electron chi connectivity index (χ3n) is 2.70. The normalized spacial score (nSPS) is 34.9. The maximum atomic E-state index is 12.6. The quantitative estimate of drug-likeness (QED) is 0.846. The molecule has 0 radical (unpaired) electrons. The van der Waals surface area contributed by atoms with Gasteiger partial charge < -0.3 is 5.32 Å². The second kappa shape index (κ2) is 4.81. The van der Waals surface area contributed by atoms with Crippen LogP contribution < -0.4 is 10.5 Å². The summed E-state index contributed by atoms with van der Waals surface area (Å²) < 4.78 is 71.6. The standard InChI is InChI=1S/C10H16N2O4S3/c1-3-12-8-4-6(2)18(13,14)10-7(8)5-9(17-10)19(11,15)16/h5-6,8,12H,3-4H2,1-2H3,(H2,11,15,16)/t6-,8-/m0/s1/i4D2,6D. The zero-order chi connectivity index (χ0) is 17.1. The molecule has 0 amide bonds. The van der Waals surface area contributed by atoms with E-state index in [2.05, 4.69) is 5.32 Å². The zero-order valence-corrected chi connectivity index (χ0v) is 12.7. The minimum absolute atomic E-state index is 0.00519. The summed E-state index contributed by atoms with van der Waals surface area (Å²) in [6, 6.07) is -0.0434. The zero-order valence-electron chi connectivity index (χ0n) is 13.3.